The monoisotopic (exact) mass is 467 g/mol. The number of halogens is 3. The lowest BCUT2D eigenvalue weighted by Crippen LogP contribution is -2.46. The maximum Gasteiger partial charge on any atom is 0.142 e. The van der Waals surface area contributed by atoms with E-state index in [2.05, 4.69) is 57.2 Å². The van der Waals surface area contributed by atoms with Crippen LogP contribution in [0.5, 0.6) is 5.75 Å². The molecule has 7 heteroatoms. The van der Waals surface area contributed by atoms with Gasteiger partial charge >= 0.3 is 0 Å². The van der Waals surface area contributed by atoms with Crippen molar-refractivity contribution in [3.63, 3.8) is 0 Å². The Hall–Kier alpha value is -1.98. The summed E-state index contributed by atoms with van der Waals surface area (Å²) >= 11 is 0. The van der Waals surface area contributed by atoms with E-state index in [9.17, 15) is 0 Å². The van der Waals surface area contributed by atoms with E-state index in [-0.39, 0.29) is 37.2 Å². The summed E-state index contributed by atoms with van der Waals surface area (Å²) in [4.78, 5) is 9.37. The fourth-order valence-corrected chi connectivity index (χ4v) is 3.66. The Kier molecular flexibility index (Phi) is 11.0. The first-order valence-electron chi connectivity index (χ1n) is 9.43. The third-order valence-electron chi connectivity index (χ3n) is 5.11. The number of piperazine rings is 1. The fourth-order valence-electron chi connectivity index (χ4n) is 3.66. The third kappa shape index (κ3) is 6.26. The second kappa shape index (κ2) is 12.7. The summed E-state index contributed by atoms with van der Waals surface area (Å²) in [5, 5.41) is 0. The number of pyridine rings is 1. The Morgan fingerprint density at radius 1 is 0.800 bits per heavy atom. The lowest BCUT2D eigenvalue weighted by molar-refractivity contribution is 0.249. The predicted molar refractivity (Wildman–Crippen MR) is 132 cm³/mol. The summed E-state index contributed by atoms with van der Waals surface area (Å²) < 4.78 is 5.51. The Morgan fingerprint density at radius 3 is 2.17 bits per heavy atom. The van der Waals surface area contributed by atoms with Crippen LogP contribution in [0.15, 0.2) is 73.1 Å². The Balaban J connectivity index is 0.00000150. The standard InChI is InChI=1S/C23H25N3O.3ClH/c1-27-23-10-6-5-9-22(23)26-13-11-25(12-14-26)18-19-15-21(17-24-16-19)20-7-3-2-4-8-20;;;/h2-10,15-17H,11-14,18H2,1H3;3*1H. The van der Waals surface area contributed by atoms with Crippen molar-refractivity contribution in [2.24, 2.45) is 0 Å². The second-order valence-corrected chi connectivity index (χ2v) is 6.88. The van der Waals surface area contributed by atoms with Crippen LogP contribution < -0.4 is 9.64 Å². The van der Waals surface area contributed by atoms with Gasteiger partial charge in [0.1, 0.15) is 5.75 Å². The molecule has 0 saturated carbocycles. The first kappa shape index (κ1) is 26.1. The summed E-state index contributed by atoms with van der Waals surface area (Å²) in [7, 11) is 1.74. The molecule has 0 aliphatic carbocycles. The molecule has 1 saturated heterocycles. The summed E-state index contributed by atoms with van der Waals surface area (Å²) in [6.07, 6.45) is 3.93. The van der Waals surface area contributed by atoms with Crippen LogP contribution >= 0.6 is 37.2 Å². The molecule has 0 radical (unpaired) electrons. The molecule has 0 bridgehead atoms. The van der Waals surface area contributed by atoms with Crippen LogP contribution in [-0.2, 0) is 6.54 Å². The highest BCUT2D eigenvalue weighted by molar-refractivity contribution is 5.86. The number of para-hydroxylation sites is 2. The molecule has 0 atom stereocenters. The number of aromatic nitrogens is 1. The SMILES string of the molecule is COc1ccccc1N1CCN(Cc2cncc(-c3ccccc3)c2)CC1.Cl.Cl.Cl. The van der Waals surface area contributed by atoms with Crippen LogP contribution in [-0.4, -0.2) is 43.2 Å². The summed E-state index contributed by atoms with van der Waals surface area (Å²) in [6, 6.07) is 21.0. The molecular formula is C23H28Cl3N3O. The molecular weight excluding hydrogens is 441 g/mol. The van der Waals surface area contributed by atoms with Gasteiger partial charge in [0, 0.05) is 50.7 Å². The van der Waals surface area contributed by atoms with Gasteiger partial charge in [-0.15, -0.1) is 37.2 Å². The normalized spacial score (nSPS) is 13.4. The molecule has 3 aromatic rings. The molecule has 30 heavy (non-hydrogen) atoms. The molecule has 162 valence electrons. The van der Waals surface area contributed by atoms with Crippen LogP contribution in [0.1, 0.15) is 5.56 Å². The Labute approximate surface area is 197 Å². The number of benzene rings is 2. The molecule has 0 N–H and O–H groups in total. The minimum absolute atomic E-state index is 0. The van der Waals surface area contributed by atoms with Crippen LogP contribution in [0.25, 0.3) is 11.1 Å². The maximum atomic E-state index is 5.51. The molecule has 0 unspecified atom stereocenters. The van der Waals surface area contributed by atoms with Gasteiger partial charge in [0.2, 0.25) is 0 Å². The van der Waals surface area contributed by atoms with Gasteiger partial charge < -0.3 is 9.64 Å². The topological polar surface area (TPSA) is 28.6 Å². The lowest BCUT2D eigenvalue weighted by Gasteiger charge is -2.36. The molecule has 4 rings (SSSR count). The van der Waals surface area contributed by atoms with Gasteiger partial charge in [0.05, 0.1) is 12.8 Å². The minimum atomic E-state index is 0. The predicted octanol–water partition coefficient (Wildman–Crippen LogP) is 5.34. The number of methoxy groups -OCH3 is 1. The van der Waals surface area contributed by atoms with E-state index >= 15 is 0 Å². The molecule has 1 aromatic heterocycles. The van der Waals surface area contributed by atoms with Crippen molar-refractivity contribution in [1.82, 2.24) is 9.88 Å². The number of rotatable bonds is 5. The molecule has 0 amide bonds. The van der Waals surface area contributed by atoms with Crippen molar-refractivity contribution < 1.29 is 4.74 Å². The van der Waals surface area contributed by atoms with E-state index in [1.165, 1.54) is 22.4 Å². The van der Waals surface area contributed by atoms with Crippen LogP contribution in [0.3, 0.4) is 0 Å². The van der Waals surface area contributed by atoms with Crippen molar-refractivity contribution in [2.75, 3.05) is 38.2 Å². The molecule has 4 nitrogen and oxygen atoms in total. The van der Waals surface area contributed by atoms with Crippen molar-refractivity contribution in [3.05, 3.63) is 78.6 Å². The van der Waals surface area contributed by atoms with Gasteiger partial charge in [-0.3, -0.25) is 9.88 Å². The molecule has 2 heterocycles. The van der Waals surface area contributed by atoms with Gasteiger partial charge in [-0.05, 0) is 29.3 Å². The lowest BCUT2D eigenvalue weighted by atomic mass is 10.1. The maximum absolute atomic E-state index is 5.51. The highest BCUT2D eigenvalue weighted by atomic mass is 35.5. The highest BCUT2D eigenvalue weighted by Crippen LogP contribution is 2.28. The second-order valence-electron chi connectivity index (χ2n) is 6.88. The molecule has 0 spiro atoms. The van der Waals surface area contributed by atoms with Crippen LogP contribution in [0.2, 0.25) is 0 Å². The van der Waals surface area contributed by atoms with Crippen molar-refractivity contribution in [2.45, 2.75) is 6.54 Å². The minimum Gasteiger partial charge on any atom is -0.495 e. The van der Waals surface area contributed by atoms with Crippen LogP contribution in [0.4, 0.5) is 5.69 Å². The summed E-state index contributed by atoms with van der Waals surface area (Å²) in [6.45, 7) is 5.02. The molecule has 1 aliphatic heterocycles. The number of ether oxygens (including phenoxy) is 1. The van der Waals surface area contributed by atoms with Gasteiger partial charge in [0.25, 0.3) is 0 Å². The van der Waals surface area contributed by atoms with Gasteiger partial charge in [-0.25, -0.2) is 0 Å². The third-order valence-corrected chi connectivity index (χ3v) is 5.11. The van der Waals surface area contributed by atoms with Crippen molar-refractivity contribution in [3.8, 4) is 16.9 Å². The van der Waals surface area contributed by atoms with E-state index in [1.54, 1.807) is 7.11 Å². The van der Waals surface area contributed by atoms with E-state index in [0.29, 0.717) is 0 Å². The fraction of sp³-hybridized carbons (Fsp3) is 0.261. The molecule has 2 aromatic carbocycles. The Morgan fingerprint density at radius 2 is 1.47 bits per heavy atom. The smallest absolute Gasteiger partial charge is 0.142 e. The van der Waals surface area contributed by atoms with E-state index in [1.807, 2.05) is 30.6 Å². The van der Waals surface area contributed by atoms with E-state index in [4.69, 9.17) is 4.74 Å². The summed E-state index contributed by atoms with van der Waals surface area (Å²) in [5.74, 6) is 0.950. The zero-order valence-corrected chi connectivity index (χ0v) is 19.4. The van der Waals surface area contributed by atoms with E-state index < -0.39 is 0 Å². The van der Waals surface area contributed by atoms with Gasteiger partial charge in [-0.2, -0.15) is 0 Å². The zero-order chi connectivity index (χ0) is 18.5. The summed E-state index contributed by atoms with van der Waals surface area (Å²) in [5.41, 5.74) is 4.85. The first-order chi connectivity index (χ1) is 13.3. The Bertz CT molecular complexity index is 888. The van der Waals surface area contributed by atoms with Crippen molar-refractivity contribution >= 4 is 42.9 Å². The number of hydrogen-bond donors (Lipinski definition) is 0. The van der Waals surface area contributed by atoms with Gasteiger partial charge in [0.15, 0.2) is 0 Å². The molecule has 1 aliphatic rings. The van der Waals surface area contributed by atoms with E-state index in [0.717, 1.165) is 38.5 Å². The quantitative estimate of drug-likeness (QED) is 0.505. The van der Waals surface area contributed by atoms with Crippen LogP contribution in [0, 0.1) is 0 Å². The highest BCUT2D eigenvalue weighted by Gasteiger charge is 2.19. The van der Waals surface area contributed by atoms with Crippen molar-refractivity contribution in [1.29, 1.82) is 0 Å². The average Bonchev–Trinajstić information content (AvgIpc) is 2.75. The van der Waals surface area contributed by atoms with Gasteiger partial charge in [-0.1, -0.05) is 42.5 Å². The zero-order valence-electron chi connectivity index (χ0n) is 16.9. The number of anilines is 1. The first-order valence-corrected chi connectivity index (χ1v) is 9.43. The number of hydrogen-bond acceptors (Lipinski definition) is 4. The number of nitrogens with zero attached hydrogens (tertiary/aromatic N) is 3. The largest absolute Gasteiger partial charge is 0.495 e. The molecule has 1 fully saturated rings. The average molecular weight is 469 g/mol.